The number of hydrogen-bond donors (Lipinski definition) is 1. The molecule has 114 valence electrons. The molecule has 0 aliphatic carbocycles. The van der Waals surface area contributed by atoms with Crippen LogP contribution in [0.1, 0.15) is 36.3 Å². The Kier molecular flexibility index (Phi) is 6.55. The summed E-state index contributed by atoms with van der Waals surface area (Å²) in [5, 5.41) is 5.46. The Balaban J connectivity index is 1.98. The fourth-order valence-corrected chi connectivity index (χ4v) is 4.01. The average molecular weight is 341 g/mol. The van der Waals surface area contributed by atoms with Crippen molar-refractivity contribution in [1.82, 2.24) is 10.3 Å². The van der Waals surface area contributed by atoms with Crippen LogP contribution in [0.15, 0.2) is 29.2 Å². The van der Waals surface area contributed by atoms with Crippen LogP contribution in [0.3, 0.4) is 0 Å². The molecule has 1 aromatic carbocycles. The molecule has 0 saturated carbocycles. The van der Waals surface area contributed by atoms with E-state index in [-0.39, 0.29) is 0 Å². The van der Waals surface area contributed by atoms with E-state index in [2.05, 4.69) is 38.2 Å². The topological polar surface area (TPSA) is 24.9 Å². The van der Waals surface area contributed by atoms with Crippen molar-refractivity contribution >= 4 is 34.7 Å². The SMILES string of the molecule is CCc1nc(CSc2ccc(Cl)cc2)sc1CNC(C)C. The maximum Gasteiger partial charge on any atom is 0.103 e. The molecule has 0 saturated heterocycles. The van der Waals surface area contributed by atoms with Crippen LogP contribution < -0.4 is 5.32 Å². The first-order valence-electron chi connectivity index (χ1n) is 7.17. The fourth-order valence-electron chi connectivity index (χ4n) is 1.89. The number of benzene rings is 1. The Morgan fingerprint density at radius 3 is 2.62 bits per heavy atom. The van der Waals surface area contributed by atoms with Crippen molar-refractivity contribution in [2.24, 2.45) is 0 Å². The second-order valence-corrected chi connectivity index (χ2v) is 7.76. The second kappa shape index (κ2) is 8.18. The molecule has 1 aromatic heterocycles. The summed E-state index contributed by atoms with van der Waals surface area (Å²) in [5.41, 5.74) is 1.24. The molecule has 0 atom stereocenters. The minimum absolute atomic E-state index is 0.503. The van der Waals surface area contributed by atoms with Gasteiger partial charge in [-0.3, -0.25) is 0 Å². The van der Waals surface area contributed by atoms with Crippen LogP contribution in [0.4, 0.5) is 0 Å². The Morgan fingerprint density at radius 2 is 2.00 bits per heavy atom. The zero-order valence-corrected chi connectivity index (χ0v) is 15.0. The number of hydrogen-bond acceptors (Lipinski definition) is 4. The zero-order chi connectivity index (χ0) is 15.2. The normalized spacial score (nSPS) is 11.3. The standard InChI is InChI=1S/C16H21ClN2S2/c1-4-14-15(9-18-11(2)3)21-16(19-14)10-20-13-7-5-12(17)6-8-13/h5-8,11,18H,4,9-10H2,1-3H3. The van der Waals surface area contributed by atoms with Gasteiger partial charge in [0.15, 0.2) is 0 Å². The van der Waals surface area contributed by atoms with Crippen molar-refractivity contribution in [3.05, 3.63) is 44.9 Å². The zero-order valence-electron chi connectivity index (χ0n) is 12.6. The molecule has 0 spiro atoms. The molecule has 2 rings (SSSR count). The Labute approximate surface area is 140 Å². The lowest BCUT2D eigenvalue weighted by atomic mass is 10.3. The molecule has 0 fully saturated rings. The summed E-state index contributed by atoms with van der Waals surface area (Å²) in [6.07, 6.45) is 0.997. The van der Waals surface area contributed by atoms with E-state index in [0.717, 1.165) is 23.7 Å². The lowest BCUT2D eigenvalue weighted by Gasteiger charge is -2.06. The van der Waals surface area contributed by atoms with Crippen LogP contribution in [0.2, 0.25) is 5.02 Å². The molecule has 0 aliphatic heterocycles. The van der Waals surface area contributed by atoms with Gasteiger partial charge in [-0.15, -0.1) is 23.1 Å². The minimum atomic E-state index is 0.503. The van der Waals surface area contributed by atoms with E-state index in [0.29, 0.717) is 6.04 Å². The highest BCUT2D eigenvalue weighted by molar-refractivity contribution is 7.98. The molecule has 0 bridgehead atoms. The number of rotatable bonds is 7. The van der Waals surface area contributed by atoms with Crippen molar-refractivity contribution in [2.45, 2.75) is 50.4 Å². The predicted molar refractivity (Wildman–Crippen MR) is 94.5 cm³/mol. The van der Waals surface area contributed by atoms with Crippen LogP contribution in [0.25, 0.3) is 0 Å². The van der Waals surface area contributed by atoms with Gasteiger partial charge in [-0.1, -0.05) is 32.4 Å². The first-order chi connectivity index (χ1) is 10.1. The molecule has 0 aliphatic rings. The molecule has 21 heavy (non-hydrogen) atoms. The number of aryl methyl sites for hydroxylation is 1. The minimum Gasteiger partial charge on any atom is -0.310 e. The first kappa shape index (κ1) is 16.8. The lowest BCUT2D eigenvalue weighted by Crippen LogP contribution is -2.21. The number of aromatic nitrogens is 1. The molecule has 0 amide bonds. The summed E-state index contributed by atoms with van der Waals surface area (Å²) in [4.78, 5) is 7.37. The van der Waals surface area contributed by atoms with E-state index < -0.39 is 0 Å². The van der Waals surface area contributed by atoms with Crippen molar-refractivity contribution in [3.63, 3.8) is 0 Å². The summed E-state index contributed by atoms with van der Waals surface area (Å²) in [6.45, 7) is 7.43. The molecule has 2 aromatic rings. The van der Waals surface area contributed by atoms with E-state index in [4.69, 9.17) is 16.6 Å². The first-order valence-corrected chi connectivity index (χ1v) is 9.35. The largest absolute Gasteiger partial charge is 0.310 e. The molecular weight excluding hydrogens is 320 g/mol. The second-order valence-electron chi connectivity index (χ2n) is 5.11. The molecular formula is C16H21ClN2S2. The van der Waals surface area contributed by atoms with E-state index in [1.807, 2.05) is 35.2 Å². The van der Waals surface area contributed by atoms with Gasteiger partial charge in [0.1, 0.15) is 5.01 Å². The van der Waals surface area contributed by atoms with Gasteiger partial charge in [0, 0.05) is 27.4 Å². The quantitative estimate of drug-likeness (QED) is 0.705. The maximum absolute atomic E-state index is 5.91. The van der Waals surface area contributed by atoms with Crippen LogP contribution >= 0.6 is 34.7 Å². The Morgan fingerprint density at radius 1 is 1.29 bits per heavy atom. The molecule has 1 heterocycles. The predicted octanol–water partition coefficient (Wildman–Crippen LogP) is 5.15. The van der Waals surface area contributed by atoms with Gasteiger partial charge in [-0.25, -0.2) is 4.98 Å². The summed E-state index contributed by atoms with van der Waals surface area (Å²) in [5.74, 6) is 0.918. The Bertz CT molecular complexity index is 564. The monoisotopic (exact) mass is 340 g/mol. The highest BCUT2D eigenvalue weighted by Gasteiger charge is 2.10. The van der Waals surface area contributed by atoms with E-state index >= 15 is 0 Å². The van der Waals surface area contributed by atoms with E-state index in [1.54, 1.807) is 0 Å². The number of thiazole rings is 1. The van der Waals surface area contributed by atoms with Gasteiger partial charge in [0.25, 0.3) is 0 Å². The molecule has 5 heteroatoms. The van der Waals surface area contributed by atoms with Gasteiger partial charge in [0.2, 0.25) is 0 Å². The van der Waals surface area contributed by atoms with Crippen LogP contribution in [0.5, 0.6) is 0 Å². The van der Waals surface area contributed by atoms with Crippen LogP contribution in [-0.2, 0) is 18.7 Å². The number of nitrogens with zero attached hydrogens (tertiary/aromatic N) is 1. The van der Waals surface area contributed by atoms with Gasteiger partial charge in [-0.2, -0.15) is 0 Å². The highest BCUT2D eigenvalue weighted by atomic mass is 35.5. The molecule has 2 nitrogen and oxygen atoms in total. The third-order valence-corrected chi connectivity index (χ3v) is 5.56. The van der Waals surface area contributed by atoms with Crippen molar-refractivity contribution < 1.29 is 0 Å². The third-order valence-electron chi connectivity index (χ3n) is 3.00. The van der Waals surface area contributed by atoms with Crippen LogP contribution in [0, 0.1) is 0 Å². The fraction of sp³-hybridized carbons (Fsp3) is 0.438. The van der Waals surface area contributed by atoms with Crippen molar-refractivity contribution in [1.29, 1.82) is 0 Å². The van der Waals surface area contributed by atoms with Gasteiger partial charge < -0.3 is 5.32 Å². The van der Waals surface area contributed by atoms with Crippen LogP contribution in [-0.4, -0.2) is 11.0 Å². The van der Waals surface area contributed by atoms with Gasteiger partial charge >= 0.3 is 0 Å². The van der Waals surface area contributed by atoms with Crippen molar-refractivity contribution in [3.8, 4) is 0 Å². The Hall–Kier alpha value is -0.550. The molecule has 1 N–H and O–H groups in total. The van der Waals surface area contributed by atoms with Crippen molar-refractivity contribution in [2.75, 3.05) is 0 Å². The number of nitrogens with one attached hydrogen (secondary N) is 1. The summed E-state index contributed by atoms with van der Waals surface area (Å²) < 4.78 is 0. The van der Waals surface area contributed by atoms with Gasteiger partial charge in [0.05, 0.1) is 11.4 Å². The number of thioether (sulfide) groups is 1. The van der Waals surface area contributed by atoms with E-state index in [9.17, 15) is 0 Å². The molecule has 0 radical (unpaired) electrons. The summed E-state index contributed by atoms with van der Waals surface area (Å²) in [7, 11) is 0. The molecule has 0 unspecified atom stereocenters. The average Bonchev–Trinajstić information content (AvgIpc) is 2.87. The lowest BCUT2D eigenvalue weighted by molar-refractivity contribution is 0.590. The summed E-state index contributed by atoms with van der Waals surface area (Å²) in [6, 6.07) is 8.48. The maximum atomic E-state index is 5.91. The third kappa shape index (κ3) is 5.29. The van der Waals surface area contributed by atoms with E-state index in [1.165, 1.54) is 20.5 Å². The number of halogens is 1. The van der Waals surface area contributed by atoms with Gasteiger partial charge in [-0.05, 0) is 30.7 Å². The summed E-state index contributed by atoms with van der Waals surface area (Å²) >= 11 is 9.54. The smallest absolute Gasteiger partial charge is 0.103 e. The highest BCUT2D eigenvalue weighted by Crippen LogP contribution is 2.28.